The molecule has 0 saturated carbocycles. The van der Waals surface area contributed by atoms with Gasteiger partial charge in [-0.2, -0.15) is 0 Å². The Kier molecular flexibility index (Phi) is 6.04. The van der Waals surface area contributed by atoms with Crippen molar-refractivity contribution in [3.63, 3.8) is 0 Å². The van der Waals surface area contributed by atoms with Crippen LogP contribution in [-0.2, 0) is 19.6 Å². The Labute approximate surface area is 108 Å². The molecule has 0 atom stereocenters. The molecule has 1 aliphatic rings. The zero-order chi connectivity index (χ0) is 13.6. The molecule has 0 unspecified atom stereocenters. The fourth-order valence-corrected chi connectivity index (χ4v) is 3.21. The Bertz CT molecular complexity index is 362. The van der Waals surface area contributed by atoms with E-state index in [9.17, 15) is 13.2 Å². The molecule has 1 rings (SSSR count). The molecule has 0 bridgehead atoms. The topological polar surface area (TPSA) is 83.9 Å². The molecule has 1 saturated heterocycles. The molecule has 0 spiro atoms. The summed E-state index contributed by atoms with van der Waals surface area (Å²) in [6.45, 7) is 1.45. The monoisotopic (exact) mass is 279 g/mol. The van der Waals surface area contributed by atoms with E-state index in [-0.39, 0.29) is 18.7 Å². The molecule has 0 aromatic heterocycles. The summed E-state index contributed by atoms with van der Waals surface area (Å²) in [5.74, 6) is -0.490. The van der Waals surface area contributed by atoms with Crippen LogP contribution in [0, 0.1) is 5.92 Å². The molecular weight excluding hydrogens is 258 g/mol. The minimum Gasteiger partial charge on any atom is -0.481 e. The van der Waals surface area contributed by atoms with Gasteiger partial charge in [0.2, 0.25) is 10.0 Å². The Morgan fingerprint density at radius 1 is 1.39 bits per heavy atom. The first-order valence-electron chi connectivity index (χ1n) is 6.15. The molecule has 1 N–H and O–H groups in total. The highest BCUT2D eigenvalue weighted by molar-refractivity contribution is 7.89. The van der Waals surface area contributed by atoms with Crippen molar-refractivity contribution in [2.24, 2.45) is 5.92 Å². The standard InChI is InChI=1S/C11H21NO5S/c1-12(6-2-11(13)14)18(15,16)9-5-10-3-7-17-8-4-10/h10H,2-9H2,1H3,(H,13,14). The summed E-state index contributed by atoms with van der Waals surface area (Å²) in [7, 11) is -1.89. The zero-order valence-electron chi connectivity index (χ0n) is 10.7. The molecule has 1 heterocycles. The van der Waals surface area contributed by atoms with E-state index in [4.69, 9.17) is 9.84 Å². The SMILES string of the molecule is CN(CCC(=O)O)S(=O)(=O)CCC1CCOCC1. The van der Waals surface area contributed by atoms with Crippen molar-refractivity contribution in [2.45, 2.75) is 25.7 Å². The summed E-state index contributed by atoms with van der Waals surface area (Å²) in [6.07, 6.45) is 2.29. The van der Waals surface area contributed by atoms with Crippen LogP contribution in [0.2, 0.25) is 0 Å². The third-order valence-corrected chi connectivity index (χ3v) is 5.12. The number of carboxylic acids is 1. The van der Waals surface area contributed by atoms with Crippen LogP contribution >= 0.6 is 0 Å². The lowest BCUT2D eigenvalue weighted by molar-refractivity contribution is -0.137. The summed E-state index contributed by atoms with van der Waals surface area (Å²) in [5.41, 5.74) is 0. The molecule has 0 radical (unpaired) electrons. The number of nitrogens with zero attached hydrogens (tertiary/aromatic N) is 1. The predicted octanol–water partition coefficient (Wildman–Crippen LogP) is 0.539. The number of sulfonamides is 1. The maximum atomic E-state index is 11.9. The van der Waals surface area contributed by atoms with E-state index in [2.05, 4.69) is 0 Å². The molecule has 106 valence electrons. The maximum absolute atomic E-state index is 11.9. The number of carbonyl (C=O) groups is 1. The first-order chi connectivity index (χ1) is 8.42. The van der Waals surface area contributed by atoms with Gasteiger partial charge in [0, 0.05) is 26.8 Å². The van der Waals surface area contributed by atoms with Crippen LogP contribution in [0.1, 0.15) is 25.7 Å². The molecule has 6 nitrogen and oxygen atoms in total. The van der Waals surface area contributed by atoms with Crippen LogP contribution in [0.25, 0.3) is 0 Å². The molecule has 1 aliphatic heterocycles. The van der Waals surface area contributed by atoms with E-state index < -0.39 is 16.0 Å². The summed E-state index contributed by atoms with van der Waals surface area (Å²) < 4.78 is 30.1. The number of rotatable bonds is 7. The Balaban J connectivity index is 2.35. The normalized spacial score (nSPS) is 18.1. The van der Waals surface area contributed by atoms with Crippen LogP contribution in [0.4, 0.5) is 0 Å². The van der Waals surface area contributed by atoms with Gasteiger partial charge >= 0.3 is 5.97 Å². The summed E-state index contributed by atoms with van der Waals surface area (Å²) in [5, 5.41) is 8.53. The third-order valence-electron chi connectivity index (χ3n) is 3.24. The lowest BCUT2D eigenvalue weighted by Crippen LogP contribution is -2.32. The van der Waals surface area contributed by atoms with Crippen molar-refractivity contribution in [1.29, 1.82) is 0 Å². The fourth-order valence-electron chi connectivity index (χ4n) is 1.90. The molecular formula is C11H21NO5S. The van der Waals surface area contributed by atoms with Gasteiger partial charge in [-0.1, -0.05) is 0 Å². The van der Waals surface area contributed by atoms with E-state index >= 15 is 0 Å². The largest absolute Gasteiger partial charge is 0.481 e. The Morgan fingerprint density at radius 3 is 2.56 bits per heavy atom. The highest BCUT2D eigenvalue weighted by atomic mass is 32.2. The number of carboxylic acid groups (broad SMARTS) is 1. The van der Waals surface area contributed by atoms with Gasteiger partial charge in [0.1, 0.15) is 0 Å². The van der Waals surface area contributed by atoms with Crippen molar-refractivity contribution in [3.05, 3.63) is 0 Å². The van der Waals surface area contributed by atoms with Crippen molar-refractivity contribution < 1.29 is 23.1 Å². The average molecular weight is 279 g/mol. The minimum absolute atomic E-state index is 0.0332. The summed E-state index contributed by atoms with van der Waals surface area (Å²) >= 11 is 0. The number of hydrogen-bond acceptors (Lipinski definition) is 4. The Hall–Kier alpha value is -0.660. The maximum Gasteiger partial charge on any atom is 0.304 e. The number of aliphatic carboxylic acids is 1. The smallest absolute Gasteiger partial charge is 0.304 e. The first-order valence-corrected chi connectivity index (χ1v) is 7.76. The first kappa shape index (κ1) is 15.4. The second kappa shape index (κ2) is 7.06. The van der Waals surface area contributed by atoms with Gasteiger partial charge in [-0.05, 0) is 25.2 Å². The predicted molar refractivity (Wildman–Crippen MR) is 66.8 cm³/mol. The van der Waals surface area contributed by atoms with Crippen molar-refractivity contribution >= 4 is 16.0 Å². The molecule has 0 aliphatic carbocycles. The molecule has 0 aromatic rings. The van der Waals surface area contributed by atoms with Crippen LogP contribution in [0.3, 0.4) is 0 Å². The van der Waals surface area contributed by atoms with Crippen molar-refractivity contribution in [2.75, 3.05) is 32.6 Å². The summed E-state index contributed by atoms with van der Waals surface area (Å²) in [6, 6.07) is 0. The van der Waals surface area contributed by atoms with E-state index in [1.807, 2.05) is 0 Å². The van der Waals surface area contributed by atoms with E-state index in [1.54, 1.807) is 0 Å². The van der Waals surface area contributed by atoms with Crippen molar-refractivity contribution in [1.82, 2.24) is 4.31 Å². The average Bonchev–Trinajstić information content (AvgIpc) is 2.34. The van der Waals surface area contributed by atoms with E-state index in [0.29, 0.717) is 25.6 Å². The van der Waals surface area contributed by atoms with E-state index in [0.717, 1.165) is 17.1 Å². The lowest BCUT2D eigenvalue weighted by atomic mass is 9.98. The Morgan fingerprint density at radius 2 is 2.00 bits per heavy atom. The highest BCUT2D eigenvalue weighted by Gasteiger charge is 2.22. The molecule has 0 amide bonds. The second-order valence-corrected chi connectivity index (χ2v) is 6.82. The quantitative estimate of drug-likeness (QED) is 0.735. The van der Waals surface area contributed by atoms with Crippen LogP contribution in [0.15, 0.2) is 0 Å². The van der Waals surface area contributed by atoms with Gasteiger partial charge in [0.15, 0.2) is 0 Å². The summed E-state index contributed by atoms with van der Waals surface area (Å²) in [4.78, 5) is 10.4. The zero-order valence-corrected chi connectivity index (χ0v) is 11.5. The fraction of sp³-hybridized carbons (Fsp3) is 0.909. The molecule has 7 heteroatoms. The minimum atomic E-state index is -3.33. The molecule has 1 fully saturated rings. The van der Waals surface area contributed by atoms with E-state index in [1.165, 1.54) is 7.05 Å². The van der Waals surface area contributed by atoms with Crippen LogP contribution in [0.5, 0.6) is 0 Å². The number of hydrogen-bond donors (Lipinski definition) is 1. The van der Waals surface area contributed by atoms with Gasteiger partial charge in [-0.3, -0.25) is 4.79 Å². The second-order valence-electron chi connectivity index (χ2n) is 4.63. The van der Waals surface area contributed by atoms with Crippen molar-refractivity contribution in [3.8, 4) is 0 Å². The van der Waals surface area contributed by atoms with Gasteiger partial charge in [-0.15, -0.1) is 0 Å². The van der Waals surface area contributed by atoms with Crippen LogP contribution < -0.4 is 0 Å². The molecule has 0 aromatic carbocycles. The highest BCUT2D eigenvalue weighted by Crippen LogP contribution is 2.19. The number of ether oxygens (including phenoxy) is 1. The molecule has 18 heavy (non-hydrogen) atoms. The van der Waals surface area contributed by atoms with Gasteiger partial charge < -0.3 is 9.84 Å². The lowest BCUT2D eigenvalue weighted by Gasteiger charge is -2.23. The van der Waals surface area contributed by atoms with Gasteiger partial charge in [0.25, 0.3) is 0 Å². The van der Waals surface area contributed by atoms with Gasteiger partial charge in [-0.25, -0.2) is 12.7 Å². The van der Waals surface area contributed by atoms with Crippen LogP contribution in [-0.4, -0.2) is 56.4 Å². The van der Waals surface area contributed by atoms with Gasteiger partial charge in [0.05, 0.1) is 12.2 Å². The third kappa shape index (κ3) is 5.32.